The van der Waals surface area contributed by atoms with Gasteiger partial charge in [0.2, 0.25) is 11.8 Å². The SMILES string of the molecule is CCN(C(=O)CNC(=O)C=Cc1cccc(Cl)c1)C1CCS(=O)(=O)CC1. The van der Waals surface area contributed by atoms with Gasteiger partial charge in [-0.05, 0) is 43.5 Å². The Morgan fingerprint density at radius 2 is 2.00 bits per heavy atom. The number of nitrogens with zero attached hydrogens (tertiary/aromatic N) is 1. The van der Waals surface area contributed by atoms with Gasteiger partial charge in [0.1, 0.15) is 9.84 Å². The minimum Gasteiger partial charge on any atom is -0.343 e. The van der Waals surface area contributed by atoms with E-state index in [9.17, 15) is 18.0 Å². The van der Waals surface area contributed by atoms with Gasteiger partial charge in [-0.3, -0.25) is 9.59 Å². The first-order valence-corrected chi connectivity index (χ1v) is 10.7. The second-order valence-corrected chi connectivity index (χ2v) is 8.91. The number of sulfone groups is 1. The van der Waals surface area contributed by atoms with Crippen molar-refractivity contribution in [2.45, 2.75) is 25.8 Å². The van der Waals surface area contributed by atoms with E-state index in [1.54, 1.807) is 29.2 Å². The average Bonchev–Trinajstić information content (AvgIpc) is 2.60. The Labute approximate surface area is 159 Å². The Kier molecular flexibility index (Phi) is 7.23. The zero-order chi connectivity index (χ0) is 19.2. The molecule has 1 aliphatic heterocycles. The minimum atomic E-state index is -2.97. The summed E-state index contributed by atoms with van der Waals surface area (Å²) in [7, 11) is -2.97. The van der Waals surface area contributed by atoms with E-state index in [-0.39, 0.29) is 35.9 Å². The van der Waals surface area contributed by atoms with Crippen molar-refractivity contribution < 1.29 is 18.0 Å². The fourth-order valence-electron chi connectivity index (χ4n) is 2.93. The van der Waals surface area contributed by atoms with E-state index in [1.165, 1.54) is 6.08 Å². The Bertz CT molecular complexity index is 778. The van der Waals surface area contributed by atoms with Crippen LogP contribution < -0.4 is 5.32 Å². The number of amides is 2. The lowest BCUT2D eigenvalue weighted by Gasteiger charge is -2.33. The number of rotatable bonds is 6. The van der Waals surface area contributed by atoms with E-state index in [4.69, 9.17) is 11.6 Å². The summed E-state index contributed by atoms with van der Waals surface area (Å²) in [5, 5.41) is 3.15. The largest absolute Gasteiger partial charge is 0.343 e. The van der Waals surface area contributed by atoms with Gasteiger partial charge in [-0.15, -0.1) is 0 Å². The van der Waals surface area contributed by atoms with E-state index >= 15 is 0 Å². The maximum absolute atomic E-state index is 12.4. The highest BCUT2D eigenvalue weighted by Crippen LogP contribution is 2.18. The van der Waals surface area contributed by atoms with Gasteiger partial charge in [-0.25, -0.2) is 8.42 Å². The molecule has 1 fully saturated rings. The fraction of sp³-hybridized carbons (Fsp3) is 0.444. The van der Waals surface area contributed by atoms with Gasteiger partial charge in [0.25, 0.3) is 0 Å². The van der Waals surface area contributed by atoms with Crippen LogP contribution >= 0.6 is 11.6 Å². The van der Waals surface area contributed by atoms with Gasteiger partial charge in [0, 0.05) is 23.7 Å². The minimum absolute atomic E-state index is 0.0880. The van der Waals surface area contributed by atoms with E-state index in [0.29, 0.717) is 24.4 Å². The first kappa shape index (κ1) is 20.5. The predicted octanol–water partition coefficient (Wildman–Crippen LogP) is 1.90. The van der Waals surface area contributed by atoms with E-state index in [1.807, 2.05) is 13.0 Å². The van der Waals surface area contributed by atoms with Crippen LogP contribution in [0.15, 0.2) is 30.3 Å². The molecule has 0 aromatic heterocycles. The zero-order valence-electron chi connectivity index (χ0n) is 14.7. The Morgan fingerprint density at radius 1 is 1.31 bits per heavy atom. The summed E-state index contributed by atoms with van der Waals surface area (Å²) in [6.07, 6.45) is 3.87. The number of likely N-dealkylation sites (N-methyl/N-ethyl adjacent to an activating group) is 1. The molecule has 2 amide bonds. The lowest BCUT2D eigenvalue weighted by molar-refractivity contribution is -0.134. The smallest absolute Gasteiger partial charge is 0.244 e. The standard InChI is InChI=1S/C18H23ClN2O4S/c1-2-21(16-8-10-26(24,25)11-9-16)18(23)13-20-17(22)7-6-14-4-3-5-15(19)12-14/h3-7,12,16H,2,8-11,13H2,1H3,(H,20,22). The van der Waals surface area contributed by atoms with Gasteiger partial charge in [-0.1, -0.05) is 23.7 Å². The molecule has 1 N–H and O–H groups in total. The summed E-state index contributed by atoms with van der Waals surface area (Å²) in [4.78, 5) is 25.9. The van der Waals surface area contributed by atoms with E-state index in [0.717, 1.165) is 5.56 Å². The second-order valence-electron chi connectivity index (χ2n) is 6.17. The topological polar surface area (TPSA) is 83.6 Å². The summed E-state index contributed by atoms with van der Waals surface area (Å²) in [5.74, 6) is -0.367. The number of carbonyl (C=O) groups excluding carboxylic acids is 2. The molecule has 142 valence electrons. The molecule has 8 heteroatoms. The van der Waals surface area contributed by atoms with Crippen LogP contribution in [-0.4, -0.2) is 55.8 Å². The van der Waals surface area contributed by atoms with Crippen LogP contribution in [-0.2, 0) is 19.4 Å². The van der Waals surface area contributed by atoms with Crippen molar-refractivity contribution >= 4 is 39.3 Å². The summed E-state index contributed by atoms with van der Waals surface area (Å²) in [6.45, 7) is 2.22. The molecule has 1 saturated heterocycles. The highest BCUT2D eigenvalue weighted by molar-refractivity contribution is 7.91. The molecular weight excluding hydrogens is 376 g/mol. The average molecular weight is 399 g/mol. The molecule has 0 aliphatic carbocycles. The molecule has 26 heavy (non-hydrogen) atoms. The highest BCUT2D eigenvalue weighted by Gasteiger charge is 2.29. The van der Waals surface area contributed by atoms with Gasteiger partial charge in [-0.2, -0.15) is 0 Å². The first-order chi connectivity index (χ1) is 12.3. The van der Waals surface area contributed by atoms with Crippen molar-refractivity contribution in [3.8, 4) is 0 Å². The van der Waals surface area contributed by atoms with Crippen LogP contribution in [0.25, 0.3) is 6.08 Å². The third-order valence-electron chi connectivity index (χ3n) is 4.32. The molecule has 0 atom stereocenters. The predicted molar refractivity (Wildman–Crippen MR) is 103 cm³/mol. The molecule has 0 saturated carbocycles. The number of benzene rings is 1. The normalized spacial score (nSPS) is 17.2. The van der Waals surface area contributed by atoms with Crippen molar-refractivity contribution in [2.75, 3.05) is 24.6 Å². The Hall–Kier alpha value is -1.86. The van der Waals surface area contributed by atoms with Crippen molar-refractivity contribution in [2.24, 2.45) is 0 Å². The zero-order valence-corrected chi connectivity index (χ0v) is 16.2. The molecule has 1 aromatic carbocycles. The molecule has 1 aromatic rings. The molecule has 0 spiro atoms. The van der Waals surface area contributed by atoms with E-state index in [2.05, 4.69) is 5.32 Å². The summed E-state index contributed by atoms with van der Waals surface area (Å²) in [6, 6.07) is 6.98. The van der Waals surface area contributed by atoms with Crippen LogP contribution in [0.1, 0.15) is 25.3 Å². The number of hydrogen-bond donors (Lipinski definition) is 1. The molecule has 2 rings (SSSR count). The maximum Gasteiger partial charge on any atom is 0.244 e. The Balaban J connectivity index is 1.85. The quantitative estimate of drug-likeness (QED) is 0.742. The summed E-state index contributed by atoms with van der Waals surface area (Å²) >= 11 is 5.88. The van der Waals surface area contributed by atoms with Crippen LogP contribution in [0, 0.1) is 0 Å². The summed E-state index contributed by atoms with van der Waals surface area (Å²) < 4.78 is 23.1. The monoisotopic (exact) mass is 398 g/mol. The molecule has 0 unspecified atom stereocenters. The molecule has 6 nitrogen and oxygen atoms in total. The molecule has 0 radical (unpaired) electrons. The van der Waals surface area contributed by atoms with Gasteiger partial charge >= 0.3 is 0 Å². The highest BCUT2D eigenvalue weighted by atomic mass is 35.5. The molecule has 1 heterocycles. The van der Waals surface area contributed by atoms with Crippen LogP contribution in [0.2, 0.25) is 5.02 Å². The lowest BCUT2D eigenvalue weighted by atomic mass is 10.1. The van der Waals surface area contributed by atoms with Gasteiger partial charge < -0.3 is 10.2 Å². The van der Waals surface area contributed by atoms with Gasteiger partial charge in [0.05, 0.1) is 18.1 Å². The number of carbonyl (C=O) groups is 2. The van der Waals surface area contributed by atoms with E-state index < -0.39 is 9.84 Å². The fourth-order valence-corrected chi connectivity index (χ4v) is 4.60. The van der Waals surface area contributed by atoms with Gasteiger partial charge in [0.15, 0.2) is 0 Å². The van der Waals surface area contributed by atoms with Crippen molar-refractivity contribution in [1.82, 2.24) is 10.2 Å². The second kappa shape index (κ2) is 9.19. The first-order valence-electron chi connectivity index (χ1n) is 8.52. The molecule has 0 bridgehead atoms. The Morgan fingerprint density at radius 3 is 2.62 bits per heavy atom. The van der Waals surface area contributed by atoms with Crippen LogP contribution in [0.5, 0.6) is 0 Å². The van der Waals surface area contributed by atoms with Crippen molar-refractivity contribution in [3.05, 3.63) is 40.9 Å². The third kappa shape index (κ3) is 6.14. The van der Waals surface area contributed by atoms with Crippen molar-refractivity contribution in [1.29, 1.82) is 0 Å². The maximum atomic E-state index is 12.4. The number of halogens is 1. The van der Waals surface area contributed by atoms with Crippen LogP contribution in [0.4, 0.5) is 0 Å². The lowest BCUT2D eigenvalue weighted by Crippen LogP contribution is -2.48. The van der Waals surface area contributed by atoms with Crippen LogP contribution in [0.3, 0.4) is 0 Å². The van der Waals surface area contributed by atoms with Crippen molar-refractivity contribution in [3.63, 3.8) is 0 Å². The molecule has 1 aliphatic rings. The number of nitrogens with one attached hydrogen (secondary N) is 1. The third-order valence-corrected chi connectivity index (χ3v) is 6.27. The summed E-state index contributed by atoms with van der Waals surface area (Å²) in [5.41, 5.74) is 0.789. The molecular formula is C18H23ClN2O4S. The number of hydrogen-bond acceptors (Lipinski definition) is 4.